The van der Waals surface area contributed by atoms with Crippen LogP contribution in [0.25, 0.3) is 0 Å². The number of carbonyl (C=O) groups excluding carboxylic acids is 8. The van der Waals surface area contributed by atoms with E-state index in [4.69, 9.17) is 37.9 Å². The van der Waals surface area contributed by atoms with Crippen LogP contribution in [-0.4, -0.2) is 94.1 Å². The molecule has 14 unspecified atom stereocenters. The zero-order chi connectivity index (χ0) is 53.3. The predicted octanol–water partition coefficient (Wildman–Crippen LogP) is 14.5. The highest BCUT2D eigenvalue weighted by atomic mass is 16.6. The summed E-state index contributed by atoms with van der Waals surface area (Å²) in [5.74, 6) is -1.46. The Bertz CT molecular complexity index is 2030. The Morgan fingerprint density at radius 1 is 0.519 bits per heavy atom. The van der Waals surface area contributed by atoms with Crippen LogP contribution < -0.4 is 0 Å². The number of ether oxygens (including phenoxy) is 8. The van der Waals surface area contributed by atoms with Crippen molar-refractivity contribution in [3.63, 3.8) is 0 Å². The summed E-state index contributed by atoms with van der Waals surface area (Å²) in [7, 11) is 0. The van der Waals surface area contributed by atoms with Crippen molar-refractivity contribution in [2.75, 3.05) is 0 Å². The molecule has 0 aromatic rings. The molecule has 0 spiro atoms. The monoisotopic (exact) mass is 1130 g/mol. The van der Waals surface area contributed by atoms with Crippen LogP contribution >= 0.6 is 0 Å². The SMILES string of the molecule is C.C.C.C.C.C.C.C.CCC(C)(C)C(=O)OC1(C)CCC2CC1(C)OC2=O.CCC(C)(C)C(=O)OC1CCC2CC1(C)OC2=O.CCC(C)C(=O)OC1(C)CCC2CC1(C)OC2=O.CCC(C)C(=O)OC1CCC2CC1OC2=O. The molecule has 4 saturated heterocycles. The summed E-state index contributed by atoms with van der Waals surface area (Å²) < 4.78 is 44.1. The minimum absolute atomic E-state index is 0. The van der Waals surface area contributed by atoms with Gasteiger partial charge in [-0.3, -0.25) is 38.4 Å². The first-order valence-corrected chi connectivity index (χ1v) is 26.6. The lowest BCUT2D eigenvalue weighted by Gasteiger charge is -2.45. The fourth-order valence-electron chi connectivity index (χ4n) is 10.5. The van der Waals surface area contributed by atoms with E-state index in [0.717, 1.165) is 70.6 Å². The Labute approximate surface area is 481 Å². The second-order valence-corrected chi connectivity index (χ2v) is 24.1. The van der Waals surface area contributed by atoms with Crippen LogP contribution in [-0.2, 0) is 76.3 Å². The number of esters is 8. The van der Waals surface area contributed by atoms with E-state index in [1.54, 1.807) is 0 Å². The number of hydrogen-bond acceptors (Lipinski definition) is 16. The molecule has 16 nitrogen and oxygen atoms in total. The fourth-order valence-corrected chi connectivity index (χ4v) is 10.5. The van der Waals surface area contributed by atoms with Crippen molar-refractivity contribution in [1.82, 2.24) is 0 Å². The van der Waals surface area contributed by atoms with Crippen molar-refractivity contribution in [3.05, 3.63) is 0 Å². The molecule has 8 rings (SSSR count). The molecule has 0 aromatic carbocycles. The molecule has 4 saturated carbocycles. The molecule has 79 heavy (non-hydrogen) atoms. The number of carbonyl (C=O) groups is 8. The van der Waals surface area contributed by atoms with Crippen LogP contribution in [0.4, 0.5) is 0 Å². The maximum Gasteiger partial charge on any atom is 0.312 e. The van der Waals surface area contributed by atoms with Crippen molar-refractivity contribution < 1.29 is 76.3 Å². The predicted molar refractivity (Wildman–Crippen MR) is 312 cm³/mol. The molecule has 8 bridgehead atoms. The Kier molecular flexibility index (Phi) is 31.6. The zero-order valence-corrected chi connectivity index (χ0v) is 45.5. The van der Waals surface area contributed by atoms with Gasteiger partial charge in [0.1, 0.15) is 46.3 Å². The van der Waals surface area contributed by atoms with Gasteiger partial charge in [0.25, 0.3) is 0 Å². The van der Waals surface area contributed by atoms with Gasteiger partial charge < -0.3 is 37.9 Å². The minimum atomic E-state index is -0.709. The van der Waals surface area contributed by atoms with Crippen LogP contribution in [0.5, 0.6) is 0 Å². The third-order valence-electron chi connectivity index (χ3n) is 17.9. The van der Waals surface area contributed by atoms with E-state index in [9.17, 15) is 38.4 Å². The molecule has 4 aliphatic carbocycles. The minimum Gasteiger partial charge on any atom is -0.458 e. The average molecular weight is 1130 g/mol. The molecular weight excluding hydrogens is 1010 g/mol. The van der Waals surface area contributed by atoms with Crippen molar-refractivity contribution in [2.24, 2.45) is 46.3 Å². The highest BCUT2D eigenvalue weighted by Crippen LogP contribution is 2.52. The van der Waals surface area contributed by atoms with Gasteiger partial charge in [-0.2, -0.15) is 0 Å². The van der Waals surface area contributed by atoms with Crippen molar-refractivity contribution >= 4 is 47.8 Å². The molecule has 466 valence electrons. The number of hydrogen-bond donors (Lipinski definition) is 0. The Hall–Kier alpha value is -4.24. The van der Waals surface area contributed by atoms with Gasteiger partial charge in [-0.25, -0.2) is 0 Å². The molecule has 4 aliphatic heterocycles. The summed E-state index contributed by atoms with van der Waals surface area (Å²) >= 11 is 0. The lowest BCUT2D eigenvalue weighted by molar-refractivity contribution is -0.204. The second kappa shape index (κ2) is 30.7. The standard InChI is InChI=1S/C15H24O4.2C14H22O4.C12H18O4.8CH4/c1-6-13(2,3)12(17)19-14(4)8-7-10-9-15(14,5)18-11(10)16;1-5-13(2,3)12(16)17-10-7-6-9-8-14(10,4)18-11(9)15;1-5-9(2)11(15)17-13(3)7-6-10-8-14(13,4)18-12(10)16;1-3-7(2)11(13)15-9-5-4-8-6-10(9)16-12(8)14;;;;;;;;/h10H,6-9H2,1-5H3;2*9-10H,5-8H2,1-4H3;7-10H,3-6H2,1-2H3;8*1H4. The summed E-state index contributed by atoms with van der Waals surface area (Å²) in [6.45, 7) is 28.5. The molecule has 0 N–H and O–H groups in total. The maximum absolute atomic E-state index is 12.3. The summed E-state index contributed by atoms with van der Waals surface area (Å²) in [6.07, 6.45) is 10.9. The van der Waals surface area contributed by atoms with Gasteiger partial charge in [0.05, 0.1) is 46.3 Å². The summed E-state index contributed by atoms with van der Waals surface area (Å²) in [5.41, 5.74) is -4.31. The molecule has 8 fully saturated rings. The lowest BCUT2D eigenvalue weighted by Crippen LogP contribution is -2.55. The third kappa shape index (κ3) is 17.4. The van der Waals surface area contributed by atoms with E-state index < -0.39 is 38.8 Å². The Morgan fingerprint density at radius 2 is 0.937 bits per heavy atom. The molecule has 0 amide bonds. The largest absolute Gasteiger partial charge is 0.458 e. The second-order valence-electron chi connectivity index (χ2n) is 24.1. The van der Waals surface area contributed by atoms with Crippen LogP contribution in [0, 0.1) is 46.3 Å². The van der Waals surface area contributed by atoms with Crippen LogP contribution in [0.2, 0.25) is 0 Å². The van der Waals surface area contributed by atoms with Crippen LogP contribution in [0.3, 0.4) is 0 Å². The highest BCUT2D eigenvalue weighted by Gasteiger charge is 2.62. The molecule has 4 heterocycles. The van der Waals surface area contributed by atoms with Gasteiger partial charge >= 0.3 is 47.8 Å². The van der Waals surface area contributed by atoms with E-state index in [2.05, 4.69) is 0 Å². The molecule has 0 aromatic heterocycles. The summed E-state index contributed by atoms with van der Waals surface area (Å²) in [5, 5.41) is 0. The van der Waals surface area contributed by atoms with Crippen LogP contribution in [0.15, 0.2) is 0 Å². The van der Waals surface area contributed by atoms with E-state index in [-0.39, 0.29) is 161 Å². The third-order valence-corrected chi connectivity index (χ3v) is 17.9. The Morgan fingerprint density at radius 3 is 1.41 bits per heavy atom. The van der Waals surface area contributed by atoms with E-state index in [1.165, 1.54) is 0 Å². The molecule has 0 radical (unpaired) electrons. The maximum atomic E-state index is 12.3. The van der Waals surface area contributed by atoms with Crippen molar-refractivity contribution in [3.8, 4) is 0 Å². The van der Waals surface area contributed by atoms with E-state index in [0.29, 0.717) is 32.1 Å². The summed E-state index contributed by atoms with van der Waals surface area (Å²) in [6, 6.07) is 0. The zero-order valence-electron chi connectivity index (χ0n) is 45.5. The summed E-state index contributed by atoms with van der Waals surface area (Å²) in [4.78, 5) is 94.3. The molecular formula is C63H118O16. The smallest absolute Gasteiger partial charge is 0.312 e. The van der Waals surface area contributed by atoms with Gasteiger partial charge in [0.2, 0.25) is 0 Å². The van der Waals surface area contributed by atoms with Crippen LogP contribution in [0.1, 0.15) is 266 Å². The fraction of sp³-hybridized carbons (Fsp3) is 0.873. The van der Waals surface area contributed by atoms with Gasteiger partial charge in [-0.15, -0.1) is 0 Å². The van der Waals surface area contributed by atoms with Crippen molar-refractivity contribution in [2.45, 2.75) is 312 Å². The molecule has 8 aliphatic rings. The van der Waals surface area contributed by atoms with Crippen molar-refractivity contribution in [1.29, 1.82) is 0 Å². The topological polar surface area (TPSA) is 210 Å². The molecule has 16 heteroatoms. The van der Waals surface area contributed by atoms with Gasteiger partial charge in [-0.05, 0) is 139 Å². The number of rotatable bonds is 12. The average Bonchev–Trinajstić information content (AvgIpc) is 3.95. The first-order valence-electron chi connectivity index (χ1n) is 26.6. The van der Waals surface area contributed by atoms with E-state index >= 15 is 0 Å². The van der Waals surface area contributed by atoms with Gasteiger partial charge in [0, 0.05) is 25.7 Å². The highest BCUT2D eigenvalue weighted by molar-refractivity contribution is 5.80. The first-order chi connectivity index (χ1) is 32.8. The molecule has 14 atom stereocenters. The number of fused-ring (bicyclic) bond motifs is 8. The van der Waals surface area contributed by atoms with Gasteiger partial charge in [0.15, 0.2) is 0 Å². The van der Waals surface area contributed by atoms with E-state index in [1.807, 2.05) is 104 Å². The lowest BCUT2D eigenvalue weighted by atomic mass is 9.71. The normalized spacial score (nSPS) is 33.3. The Balaban J connectivity index is -0.000000460. The van der Waals surface area contributed by atoms with Gasteiger partial charge in [-0.1, -0.05) is 101 Å². The first kappa shape index (κ1) is 81.2. The quantitative estimate of drug-likeness (QED) is 0.131.